The number of rotatable bonds is 1. The van der Waals surface area contributed by atoms with Gasteiger partial charge in [-0.15, -0.1) is 0 Å². The van der Waals surface area contributed by atoms with Gasteiger partial charge in [-0.25, -0.2) is 0 Å². The maximum Gasteiger partial charge on any atom is 0.306 e. The van der Waals surface area contributed by atoms with Crippen molar-refractivity contribution in [2.24, 2.45) is 0 Å². The van der Waals surface area contributed by atoms with Gasteiger partial charge in [0.2, 0.25) is 0 Å². The minimum absolute atomic E-state index is 0.0360. The predicted octanol–water partition coefficient (Wildman–Crippen LogP) is 1.74. The van der Waals surface area contributed by atoms with E-state index in [0.29, 0.717) is 12.8 Å². The molecule has 0 radical (unpaired) electrons. The second-order valence-electron chi connectivity index (χ2n) is 1.83. The van der Waals surface area contributed by atoms with Gasteiger partial charge >= 0.3 is 5.97 Å². The number of ether oxygens (including phenoxy) is 1. The van der Waals surface area contributed by atoms with Crippen molar-refractivity contribution in [1.29, 1.82) is 0 Å². The fourth-order valence-corrected chi connectivity index (χ4v) is 0.711. The number of hydrogen-bond acceptors (Lipinski definition) is 3. The molecule has 74 valence electrons. The molecule has 1 N–H and O–H groups in total. The van der Waals surface area contributed by atoms with Crippen LogP contribution in [0.1, 0.15) is 40.5 Å². The molecule has 1 heterocycles. The topological polar surface area (TPSA) is 46.5 Å². The normalized spacial score (nSPS) is 19.8. The first-order chi connectivity index (χ1) is 5.83. The summed E-state index contributed by atoms with van der Waals surface area (Å²) in [6.45, 7) is 7.96. The van der Waals surface area contributed by atoms with Gasteiger partial charge < -0.3 is 9.84 Å². The van der Waals surface area contributed by atoms with Crippen LogP contribution in [0.25, 0.3) is 0 Å². The molecule has 0 aromatic carbocycles. The molecule has 0 amide bonds. The lowest BCUT2D eigenvalue weighted by molar-refractivity contribution is -0.142. The smallest absolute Gasteiger partial charge is 0.306 e. The molecule has 1 aliphatic rings. The van der Waals surface area contributed by atoms with Gasteiger partial charge in [-0.2, -0.15) is 0 Å². The van der Waals surface area contributed by atoms with Crippen LogP contribution in [0.2, 0.25) is 0 Å². The Bertz CT molecular complexity index is 102. The van der Waals surface area contributed by atoms with E-state index in [-0.39, 0.29) is 18.7 Å². The maximum absolute atomic E-state index is 10.3. The number of cyclic esters (lactones) is 1. The van der Waals surface area contributed by atoms with Gasteiger partial charge in [-0.05, 0) is 6.42 Å². The van der Waals surface area contributed by atoms with Gasteiger partial charge in [-0.1, -0.05) is 27.7 Å². The third-order valence-corrected chi connectivity index (χ3v) is 1.17. The van der Waals surface area contributed by atoms with Crippen molar-refractivity contribution >= 4 is 5.97 Å². The standard InChI is InChI=1S/C5H8O3.2C2H6/c6-3-4-1-2-5(7)8-4;2*1-2/h4,6H,1-3H2;2*1-2H3. The zero-order valence-electron chi connectivity index (χ0n) is 8.46. The van der Waals surface area contributed by atoms with Crippen LogP contribution in [-0.4, -0.2) is 23.8 Å². The number of carbonyl (C=O) groups is 1. The highest BCUT2D eigenvalue weighted by atomic mass is 16.6. The minimum Gasteiger partial charge on any atom is -0.460 e. The van der Waals surface area contributed by atoms with Gasteiger partial charge in [0.1, 0.15) is 6.10 Å². The number of esters is 1. The Kier molecular flexibility index (Phi) is 12.2. The van der Waals surface area contributed by atoms with Crippen molar-refractivity contribution in [3.63, 3.8) is 0 Å². The largest absolute Gasteiger partial charge is 0.460 e. The second kappa shape index (κ2) is 10.4. The molecule has 1 fully saturated rings. The van der Waals surface area contributed by atoms with Crippen LogP contribution in [0.4, 0.5) is 0 Å². The number of carbonyl (C=O) groups excluding carboxylic acids is 1. The summed E-state index contributed by atoms with van der Waals surface area (Å²) in [4.78, 5) is 10.3. The first kappa shape index (κ1) is 14.0. The first-order valence-electron chi connectivity index (χ1n) is 4.63. The monoisotopic (exact) mass is 176 g/mol. The van der Waals surface area contributed by atoms with E-state index < -0.39 is 0 Å². The number of aliphatic hydroxyl groups is 1. The van der Waals surface area contributed by atoms with Crippen molar-refractivity contribution < 1.29 is 14.6 Å². The van der Waals surface area contributed by atoms with E-state index in [1.165, 1.54) is 0 Å². The van der Waals surface area contributed by atoms with E-state index in [2.05, 4.69) is 4.74 Å². The molecule has 3 heteroatoms. The van der Waals surface area contributed by atoms with E-state index in [1.54, 1.807) is 0 Å². The highest BCUT2D eigenvalue weighted by Gasteiger charge is 2.21. The van der Waals surface area contributed by atoms with Crippen LogP contribution in [0.5, 0.6) is 0 Å². The third kappa shape index (κ3) is 6.16. The Hall–Kier alpha value is -0.570. The Morgan fingerprint density at radius 2 is 1.92 bits per heavy atom. The van der Waals surface area contributed by atoms with Crippen LogP contribution in [-0.2, 0) is 9.53 Å². The van der Waals surface area contributed by atoms with Gasteiger partial charge in [0, 0.05) is 6.42 Å². The van der Waals surface area contributed by atoms with E-state index >= 15 is 0 Å². The van der Waals surface area contributed by atoms with Gasteiger partial charge in [-0.3, -0.25) is 4.79 Å². The van der Waals surface area contributed by atoms with Crippen LogP contribution < -0.4 is 0 Å². The zero-order chi connectivity index (χ0) is 9.98. The molecule has 1 unspecified atom stereocenters. The van der Waals surface area contributed by atoms with Crippen LogP contribution in [0.3, 0.4) is 0 Å². The summed E-state index contributed by atoms with van der Waals surface area (Å²) in [6, 6.07) is 0. The fraction of sp³-hybridized carbons (Fsp3) is 0.889. The van der Waals surface area contributed by atoms with Crippen molar-refractivity contribution in [2.75, 3.05) is 6.61 Å². The number of hydrogen-bond donors (Lipinski definition) is 1. The molecule has 0 aromatic rings. The average molecular weight is 176 g/mol. The summed E-state index contributed by atoms with van der Waals surface area (Å²) in [5.74, 6) is -0.191. The molecule has 12 heavy (non-hydrogen) atoms. The van der Waals surface area contributed by atoms with Crippen LogP contribution in [0, 0.1) is 0 Å². The molecule has 3 nitrogen and oxygen atoms in total. The zero-order valence-corrected chi connectivity index (χ0v) is 8.46. The van der Waals surface area contributed by atoms with Crippen molar-refractivity contribution in [1.82, 2.24) is 0 Å². The first-order valence-corrected chi connectivity index (χ1v) is 4.63. The Morgan fingerprint density at radius 1 is 1.42 bits per heavy atom. The lowest BCUT2D eigenvalue weighted by Crippen LogP contribution is -2.10. The Balaban J connectivity index is 0. The van der Waals surface area contributed by atoms with Crippen LogP contribution >= 0.6 is 0 Å². The van der Waals surface area contributed by atoms with Gasteiger partial charge in [0.25, 0.3) is 0 Å². The molecule has 1 atom stereocenters. The van der Waals surface area contributed by atoms with E-state index in [4.69, 9.17) is 5.11 Å². The van der Waals surface area contributed by atoms with E-state index in [0.717, 1.165) is 0 Å². The highest BCUT2D eigenvalue weighted by Crippen LogP contribution is 2.11. The van der Waals surface area contributed by atoms with Gasteiger partial charge in [0.05, 0.1) is 6.61 Å². The SMILES string of the molecule is CC.CC.O=C1CCC(CO)O1. The van der Waals surface area contributed by atoms with E-state index in [9.17, 15) is 4.79 Å². The Labute approximate surface area is 74.7 Å². The summed E-state index contributed by atoms with van der Waals surface area (Å²) in [5, 5.41) is 8.41. The fourth-order valence-electron chi connectivity index (χ4n) is 0.711. The number of aliphatic hydroxyl groups excluding tert-OH is 1. The lowest BCUT2D eigenvalue weighted by Gasteiger charge is -2.01. The van der Waals surface area contributed by atoms with Gasteiger partial charge in [0.15, 0.2) is 0 Å². The summed E-state index contributed by atoms with van der Waals surface area (Å²) in [6.07, 6.45) is 0.920. The molecule has 1 aliphatic heterocycles. The molecule has 0 aliphatic carbocycles. The second-order valence-corrected chi connectivity index (χ2v) is 1.83. The summed E-state index contributed by atoms with van der Waals surface area (Å²) >= 11 is 0. The molecule has 1 saturated heterocycles. The molecule has 0 aromatic heterocycles. The molecular formula is C9H20O3. The molecule has 0 spiro atoms. The molecular weight excluding hydrogens is 156 g/mol. The van der Waals surface area contributed by atoms with Crippen molar-refractivity contribution in [3.8, 4) is 0 Å². The third-order valence-electron chi connectivity index (χ3n) is 1.17. The molecule has 0 saturated carbocycles. The highest BCUT2D eigenvalue weighted by molar-refractivity contribution is 5.71. The predicted molar refractivity (Wildman–Crippen MR) is 48.9 cm³/mol. The lowest BCUT2D eigenvalue weighted by atomic mass is 10.2. The van der Waals surface area contributed by atoms with Crippen molar-refractivity contribution in [3.05, 3.63) is 0 Å². The minimum atomic E-state index is -0.220. The maximum atomic E-state index is 10.3. The quantitative estimate of drug-likeness (QED) is 0.619. The molecule has 0 bridgehead atoms. The summed E-state index contributed by atoms with van der Waals surface area (Å²) < 4.78 is 4.62. The van der Waals surface area contributed by atoms with E-state index in [1.807, 2.05) is 27.7 Å². The van der Waals surface area contributed by atoms with Crippen LogP contribution in [0.15, 0.2) is 0 Å². The summed E-state index contributed by atoms with van der Waals surface area (Å²) in [7, 11) is 0. The average Bonchev–Trinajstić information content (AvgIpc) is 2.58. The van der Waals surface area contributed by atoms with Crippen molar-refractivity contribution in [2.45, 2.75) is 46.6 Å². The Morgan fingerprint density at radius 3 is 2.08 bits per heavy atom. The summed E-state index contributed by atoms with van der Waals surface area (Å²) in [5.41, 5.74) is 0. The molecule has 1 rings (SSSR count).